The van der Waals surface area contributed by atoms with Crippen molar-refractivity contribution in [2.24, 2.45) is 0 Å². The number of carbonyl (C=O) groups excluding carboxylic acids is 1. The summed E-state index contributed by atoms with van der Waals surface area (Å²) in [7, 11) is -3.40. The molecule has 156 valence electrons. The van der Waals surface area contributed by atoms with Crippen molar-refractivity contribution in [3.05, 3.63) is 29.8 Å². The molecule has 0 radical (unpaired) electrons. The zero-order valence-electron chi connectivity index (χ0n) is 16.7. The summed E-state index contributed by atoms with van der Waals surface area (Å²) in [5.41, 5.74) is 1.02. The van der Waals surface area contributed by atoms with Crippen molar-refractivity contribution in [1.82, 2.24) is 14.9 Å². The molecule has 0 unspecified atom stereocenters. The molecule has 3 rings (SSSR count). The molecule has 2 aliphatic rings. The minimum atomic E-state index is -3.40. The monoisotopic (exact) mass is 407 g/mol. The lowest BCUT2D eigenvalue weighted by Gasteiger charge is -2.22. The summed E-state index contributed by atoms with van der Waals surface area (Å²) in [6.45, 7) is 1.77. The van der Waals surface area contributed by atoms with E-state index in [0.29, 0.717) is 37.0 Å². The van der Waals surface area contributed by atoms with E-state index in [-0.39, 0.29) is 6.03 Å². The number of hydrogen-bond acceptors (Lipinski definition) is 3. The Bertz CT molecular complexity index is 720. The SMILES string of the molecule is O=C(NCCc1ccc(S(=O)(=O)N2CCCCCC2)cc1)NC1CCCCC1. The molecule has 1 aromatic carbocycles. The summed E-state index contributed by atoms with van der Waals surface area (Å²) in [6, 6.07) is 7.29. The molecule has 1 heterocycles. The molecule has 0 aromatic heterocycles. The zero-order chi connectivity index (χ0) is 19.8. The van der Waals surface area contributed by atoms with Gasteiger partial charge < -0.3 is 10.6 Å². The smallest absolute Gasteiger partial charge is 0.315 e. The molecule has 0 atom stereocenters. The molecule has 1 saturated carbocycles. The minimum absolute atomic E-state index is 0.104. The fraction of sp³-hybridized carbons (Fsp3) is 0.667. The molecule has 0 spiro atoms. The van der Waals surface area contributed by atoms with E-state index in [0.717, 1.165) is 44.1 Å². The van der Waals surface area contributed by atoms with Gasteiger partial charge in [-0.1, -0.05) is 44.2 Å². The van der Waals surface area contributed by atoms with Crippen LogP contribution >= 0.6 is 0 Å². The van der Waals surface area contributed by atoms with Crippen LogP contribution in [0.25, 0.3) is 0 Å². The number of nitrogens with zero attached hydrogens (tertiary/aromatic N) is 1. The molecular weight excluding hydrogens is 374 g/mol. The number of hydrogen-bond donors (Lipinski definition) is 2. The van der Waals surface area contributed by atoms with Crippen LogP contribution in [0, 0.1) is 0 Å². The van der Waals surface area contributed by atoms with Crippen molar-refractivity contribution in [3.8, 4) is 0 Å². The molecule has 1 aliphatic heterocycles. The number of nitrogens with one attached hydrogen (secondary N) is 2. The highest BCUT2D eigenvalue weighted by molar-refractivity contribution is 7.89. The highest BCUT2D eigenvalue weighted by atomic mass is 32.2. The van der Waals surface area contributed by atoms with Crippen LogP contribution in [-0.2, 0) is 16.4 Å². The van der Waals surface area contributed by atoms with Crippen molar-refractivity contribution in [2.45, 2.75) is 75.1 Å². The molecule has 2 amide bonds. The lowest BCUT2D eigenvalue weighted by Crippen LogP contribution is -2.43. The average molecular weight is 408 g/mol. The van der Waals surface area contributed by atoms with E-state index >= 15 is 0 Å². The summed E-state index contributed by atoms with van der Waals surface area (Å²) in [6.07, 6.45) is 10.6. The molecule has 28 heavy (non-hydrogen) atoms. The summed E-state index contributed by atoms with van der Waals surface area (Å²) in [5, 5.41) is 5.95. The fourth-order valence-corrected chi connectivity index (χ4v) is 5.58. The number of sulfonamides is 1. The summed E-state index contributed by atoms with van der Waals surface area (Å²) in [4.78, 5) is 12.3. The first-order valence-corrected chi connectivity index (χ1v) is 12.1. The second kappa shape index (κ2) is 10.3. The Morgan fingerprint density at radius 1 is 0.929 bits per heavy atom. The van der Waals surface area contributed by atoms with Gasteiger partial charge in [-0.3, -0.25) is 0 Å². The van der Waals surface area contributed by atoms with Gasteiger partial charge in [-0.05, 0) is 49.8 Å². The first-order chi connectivity index (χ1) is 13.6. The summed E-state index contributed by atoms with van der Waals surface area (Å²) < 4.78 is 27.2. The second-order valence-corrected chi connectivity index (χ2v) is 9.89. The number of rotatable bonds is 6. The zero-order valence-corrected chi connectivity index (χ0v) is 17.5. The van der Waals surface area contributed by atoms with Gasteiger partial charge in [-0.15, -0.1) is 0 Å². The van der Waals surface area contributed by atoms with Crippen LogP contribution in [0.2, 0.25) is 0 Å². The van der Waals surface area contributed by atoms with Crippen LogP contribution < -0.4 is 10.6 Å². The van der Waals surface area contributed by atoms with Crippen LogP contribution in [0.5, 0.6) is 0 Å². The second-order valence-electron chi connectivity index (χ2n) is 7.95. The molecule has 7 heteroatoms. The van der Waals surface area contributed by atoms with Crippen LogP contribution in [0.3, 0.4) is 0 Å². The lowest BCUT2D eigenvalue weighted by atomic mass is 9.96. The molecule has 2 fully saturated rings. The third-order valence-corrected chi connectivity index (χ3v) is 7.68. The van der Waals surface area contributed by atoms with Gasteiger partial charge in [-0.25, -0.2) is 13.2 Å². The third kappa shape index (κ3) is 5.95. The van der Waals surface area contributed by atoms with E-state index in [1.165, 1.54) is 19.3 Å². The maximum absolute atomic E-state index is 12.8. The quantitative estimate of drug-likeness (QED) is 0.758. The molecule has 1 aliphatic carbocycles. The van der Waals surface area contributed by atoms with Gasteiger partial charge >= 0.3 is 6.03 Å². The van der Waals surface area contributed by atoms with Crippen molar-refractivity contribution in [2.75, 3.05) is 19.6 Å². The lowest BCUT2D eigenvalue weighted by molar-refractivity contribution is 0.233. The Morgan fingerprint density at radius 2 is 1.54 bits per heavy atom. The van der Waals surface area contributed by atoms with Gasteiger partial charge in [0, 0.05) is 25.7 Å². The Hall–Kier alpha value is -1.60. The summed E-state index contributed by atoms with van der Waals surface area (Å²) in [5.74, 6) is 0. The highest BCUT2D eigenvalue weighted by Crippen LogP contribution is 2.21. The maximum atomic E-state index is 12.8. The van der Waals surface area contributed by atoms with Crippen LogP contribution in [0.1, 0.15) is 63.4 Å². The number of amides is 2. The van der Waals surface area contributed by atoms with Crippen molar-refractivity contribution in [3.63, 3.8) is 0 Å². The van der Waals surface area contributed by atoms with E-state index in [9.17, 15) is 13.2 Å². The Labute approximate surface area is 169 Å². The number of urea groups is 1. The molecule has 6 nitrogen and oxygen atoms in total. The topological polar surface area (TPSA) is 78.5 Å². The van der Waals surface area contributed by atoms with E-state index in [2.05, 4.69) is 10.6 Å². The van der Waals surface area contributed by atoms with E-state index in [4.69, 9.17) is 0 Å². The fourth-order valence-electron chi connectivity index (χ4n) is 4.06. The van der Waals surface area contributed by atoms with Gasteiger partial charge in [0.2, 0.25) is 10.0 Å². The van der Waals surface area contributed by atoms with Gasteiger partial charge in [0.15, 0.2) is 0 Å². The Kier molecular flexibility index (Phi) is 7.73. The number of carbonyl (C=O) groups is 1. The van der Waals surface area contributed by atoms with Crippen molar-refractivity contribution in [1.29, 1.82) is 0 Å². The van der Waals surface area contributed by atoms with Crippen molar-refractivity contribution < 1.29 is 13.2 Å². The molecular formula is C21H33N3O3S. The molecule has 1 aromatic rings. The molecule has 0 bridgehead atoms. The van der Waals surface area contributed by atoms with Crippen LogP contribution in [0.4, 0.5) is 4.79 Å². The predicted octanol–water partition coefficient (Wildman–Crippen LogP) is 3.43. The molecule has 1 saturated heterocycles. The first-order valence-electron chi connectivity index (χ1n) is 10.7. The minimum Gasteiger partial charge on any atom is -0.338 e. The van der Waals surface area contributed by atoms with Gasteiger partial charge in [-0.2, -0.15) is 4.31 Å². The van der Waals surface area contributed by atoms with E-state index in [1.54, 1.807) is 16.4 Å². The summed E-state index contributed by atoms with van der Waals surface area (Å²) >= 11 is 0. The standard InChI is InChI=1S/C21H33N3O3S/c25-21(23-19-8-4-3-5-9-19)22-15-14-18-10-12-20(13-11-18)28(26,27)24-16-6-1-2-7-17-24/h10-13,19H,1-9,14-17H2,(H2,22,23,25). The van der Waals surface area contributed by atoms with E-state index in [1.807, 2.05) is 12.1 Å². The van der Waals surface area contributed by atoms with Gasteiger partial charge in [0.1, 0.15) is 0 Å². The number of benzene rings is 1. The van der Waals surface area contributed by atoms with Crippen LogP contribution in [0.15, 0.2) is 29.2 Å². The highest BCUT2D eigenvalue weighted by Gasteiger charge is 2.24. The first kappa shape index (κ1) is 21.1. The maximum Gasteiger partial charge on any atom is 0.315 e. The van der Waals surface area contributed by atoms with Gasteiger partial charge in [0.25, 0.3) is 0 Å². The normalized spacial score (nSPS) is 19.7. The van der Waals surface area contributed by atoms with Crippen molar-refractivity contribution >= 4 is 16.1 Å². The van der Waals surface area contributed by atoms with Gasteiger partial charge in [0.05, 0.1) is 4.90 Å². The largest absolute Gasteiger partial charge is 0.338 e. The van der Waals surface area contributed by atoms with E-state index < -0.39 is 10.0 Å². The Morgan fingerprint density at radius 3 is 2.18 bits per heavy atom. The third-order valence-electron chi connectivity index (χ3n) is 5.77. The Balaban J connectivity index is 1.46. The molecule has 2 N–H and O–H groups in total. The predicted molar refractivity (Wildman–Crippen MR) is 111 cm³/mol. The van der Waals surface area contributed by atoms with Crippen LogP contribution in [-0.4, -0.2) is 44.4 Å². The average Bonchev–Trinajstić information content (AvgIpc) is 2.99.